The summed E-state index contributed by atoms with van der Waals surface area (Å²) in [4.78, 5) is 24.5. The van der Waals surface area contributed by atoms with Gasteiger partial charge in [0.2, 0.25) is 0 Å². The first-order valence-electron chi connectivity index (χ1n) is 7.10. The quantitative estimate of drug-likeness (QED) is 0.877. The van der Waals surface area contributed by atoms with Gasteiger partial charge in [-0.15, -0.1) is 0 Å². The number of anilines is 1. The summed E-state index contributed by atoms with van der Waals surface area (Å²) in [6, 6.07) is 14.4. The smallest absolute Gasteiger partial charge is 0.255 e. The molecule has 1 aliphatic rings. The van der Waals surface area contributed by atoms with E-state index in [0.717, 1.165) is 17.3 Å². The molecule has 0 spiro atoms. The predicted octanol–water partition coefficient (Wildman–Crippen LogP) is 3.59. The van der Waals surface area contributed by atoms with Gasteiger partial charge in [-0.3, -0.25) is 9.59 Å². The molecule has 4 nitrogen and oxygen atoms in total. The molecule has 2 aromatic rings. The van der Waals surface area contributed by atoms with Gasteiger partial charge < -0.3 is 10.6 Å². The summed E-state index contributed by atoms with van der Waals surface area (Å²) in [5.74, 6) is -0.388. The van der Waals surface area contributed by atoms with Crippen molar-refractivity contribution >= 4 is 33.4 Å². The van der Waals surface area contributed by atoms with Crippen LogP contribution in [-0.2, 0) is 0 Å². The van der Waals surface area contributed by atoms with Crippen molar-refractivity contribution in [1.82, 2.24) is 5.32 Å². The lowest BCUT2D eigenvalue weighted by Crippen LogP contribution is -2.27. The lowest BCUT2D eigenvalue weighted by molar-refractivity contribution is 0.0952. The number of nitrogens with one attached hydrogen (secondary N) is 2. The van der Waals surface area contributed by atoms with Gasteiger partial charge in [-0.05, 0) is 43.2 Å². The number of carbonyl (C=O) groups is 2. The largest absolute Gasteiger partial charge is 0.349 e. The SMILES string of the molecule is O=C(Nc1ccccc1C(=O)NC1CC1)c1cccc(Br)c1. The van der Waals surface area contributed by atoms with Crippen LogP contribution in [0.4, 0.5) is 5.69 Å². The first kappa shape index (κ1) is 14.8. The van der Waals surface area contributed by atoms with E-state index in [1.807, 2.05) is 6.07 Å². The highest BCUT2D eigenvalue weighted by atomic mass is 79.9. The number of hydrogen-bond acceptors (Lipinski definition) is 2. The molecule has 0 bridgehead atoms. The highest BCUT2D eigenvalue weighted by Crippen LogP contribution is 2.22. The number of halogens is 1. The van der Waals surface area contributed by atoms with Crippen LogP contribution in [0.3, 0.4) is 0 Å². The fourth-order valence-electron chi connectivity index (χ4n) is 2.11. The van der Waals surface area contributed by atoms with Gasteiger partial charge in [0.25, 0.3) is 11.8 Å². The van der Waals surface area contributed by atoms with Gasteiger partial charge >= 0.3 is 0 Å². The van der Waals surface area contributed by atoms with E-state index in [4.69, 9.17) is 0 Å². The Hall–Kier alpha value is -2.14. The molecule has 0 atom stereocenters. The number of hydrogen-bond donors (Lipinski definition) is 2. The van der Waals surface area contributed by atoms with E-state index < -0.39 is 0 Å². The van der Waals surface area contributed by atoms with Crippen LogP contribution in [0, 0.1) is 0 Å². The van der Waals surface area contributed by atoms with Crippen LogP contribution in [0.5, 0.6) is 0 Å². The summed E-state index contributed by atoms with van der Waals surface area (Å²) in [6.07, 6.45) is 2.05. The van der Waals surface area contributed by atoms with Crippen molar-refractivity contribution in [3.8, 4) is 0 Å². The van der Waals surface area contributed by atoms with E-state index in [1.165, 1.54) is 0 Å². The molecule has 0 heterocycles. The summed E-state index contributed by atoms with van der Waals surface area (Å²) >= 11 is 3.34. The van der Waals surface area contributed by atoms with Gasteiger partial charge in [0.1, 0.15) is 0 Å². The van der Waals surface area contributed by atoms with Crippen LogP contribution in [0.15, 0.2) is 53.0 Å². The first-order chi connectivity index (χ1) is 10.6. The number of benzene rings is 2. The Kier molecular flexibility index (Phi) is 4.24. The normalized spacial score (nSPS) is 13.5. The molecule has 3 rings (SSSR count). The predicted molar refractivity (Wildman–Crippen MR) is 89.0 cm³/mol. The lowest BCUT2D eigenvalue weighted by Gasteiger charge is -2.11. The highest BCUT2D eigenvalue weighted by molar-refractivity contribution is 9.10. The summed E-state index contributed by atoms with van der Waals surface area (Å²) in [6.45, 7) is 0. The Morgan fingerprint density at radius 3 is 2.50 bits per heavy atom. The molecule has 0 unspecified atom stereocenters. The van der Waals surface area contributed by atoms with Gasteiger partial charge in [-0.2, -0.15) is 0 Å². The van der Waals surface area contributed by atoms with E-state index in [0.29, 0.717) is 16.8 Å². The molecule has 1 saturated carbocycles. The number of para-hydroxylation sites is 1. The molecular formula is C17H15BrN2O2. The average molecular weight is 359 g/mol. The maximum atomic E-state index is 12.3. The third-order valence-corrected chi connectivity index (χ3v) is 3.91. The van der Waals surface area contributed by atoms with Gasteiger partial charge in [0.15, 0.2) is 0 Å². The van der Waals surface area contributed by atoms with Crippen LogP contribution < -0.4 is 10.6 Å². The molecule has 5 heteroatoms. The Morgan fingerprint density at radius 2 is 1.77 bits per heavy atom. The molecule has 1 fully saturated rings. The Bertz CT molecular complexity index is 726. The second kappa shape index (κ2) is 6.32. The maximum Gasteiger partial charge on any atom is 0.255 e. The topological polar surface area (TPSA) is 58.2 Å². The van der Waals surface area contributed by atoms with Crippen LogP contribution in [0.2, 0.25) is 0 Å². The maximum absolute atomic E-state index is 12.3. The van der Waals surface area contributed by atoms with Crippen molar-refractivity contribution in [3.05, 3.63) is 64.1 Å². The molecule has 0 aliphatic heterocycles. The van der Waals surface area contributed by atoms with E-state index in [1.54, 1.807) is 42.5 Å². The van der Waals surface area contributed by atoms with Gasteiger partial charge in [0, 0.05) is 16.1 Å². The van der Waals surface area contributed by atoms with Crippen LogP contribution in [0.25, 0.3) is 0 Å². The van der Waals surface area contributed by atoms with E-state index in [-0.39, 0.29) is 17.9 Å². The minimum atomic E-state index is -0.243. The molecule has 2 amide bonds. The highest BCUT2D eigenvalue weighted by Gasteiger charge is 2.25. The molecule has 2 aromatic carbocycles. The number of amides is 2. The first-order valence-corrected chi connectivity index (χ1v) is 7.89. The molecule has 0 saturated heterocycles. The third-order valence-electron chi connectivity index (χ3n) is 3.42. The van der Waals surface area contributed by atoms with Crippen LogP contribution >= 0.6 is 15.9 Å². The molecule has 0 radical (unpaired) electrons. The van der Waals surface area contributed by atoms with Gasteiger partial charge in [-0.1, -0.05) is 34.1 Å². The standard InChI is InChI=1S/C17H15BrN2O2/c18-12-5-3-4-11(10-12)16(21)20-15-7-2-1-6-14(15)17(22)19-13-8-9-13/h1-7,10,13H,8-9H2,(H,19,22)(H,20,21). The number of carbonyl (C=O) groups excluding carboxylic acids is 2. The summed E-state index contributed by atoms with van der Waals surface area (Å²) in [5.41, 5.74) is 1.54. The Labute approximate surface area is 137 Å². The van der Waals surface area contributed by atoms with E-state index in [9.17, 15) is 9.59 Å². The second-order valence-electron chi connectivity index (χ2n) is 5.26. The molecule has 112 valence electrons. The fraction of sp³-hybridized carbons (Fsp3) is 0.176. The zero-order valence-corrected chi connectivity index (χ0v) is 13.4. The summed E-state index contributed by atoms with van der Waals surface area (Å²) < 4.78 is 0.833. The van der Waals surface area contributed by atoms with Gasteiger partial charge in [-0.25, -0.2) is 0 Å². The van der Waals surface area contributed by atoms with Crippen molar-refractivity contribution in [3.63, 3.8) is 0 Å². The van der Waals surface area contributed by atoms with E-state index >= 15 is 0 Å². The monoisotopic (exact) mass is 358 g/mol. The van der Waals surface area contributed by atoms with Crippen molar-refractivity contribution in [2.75, 3.05) is 5.32 Å². The van der Waals surface area contributed by atoms with Crippen LogP contribution in [0.1, 0.15) is 33.6 Å². The van der Waals surface area contributed by atoms with Crippen molar-refractivity contribution in [2.24, 2.45) is 0 Å². The molecule has 1 aliphatic carbocycles. The Morgan fingerprint density at radius 1 is 1.00 bits per heavy atom. The molecule has 2 N–H and O–H groups in total. The lowest BCUT2D eigenvalue weighted by atomic mass is 10.1. The zero-order valence-electron chi connectivity index (χ0n) is 11.8. The van der Waals surface area contributed by atoms with E-state index in [2.05, 4.69) is 26.6 Å². The fourth-order valence-corrected chi connectivity index (χ4v) is 2.50. The molecule has 0 aromatic heterocycles. The van der Waals surface area contributed by atoms with Crippen molar-refractivity contribution < 1.29 is 9.59 Å². The molecular weight excluding hydrogens is 344 g/mol. The summed E-state index contributed by atoms with van der Waals surface area (Å²) in [5, 5.41) is 5.74. The van der Waals surface area contributed by atoms with Crippen molar-refractivity contribution in [1.29, 1.82) is 0 Å². The number of rotatable bonds is 4. The van der Waals surface area contributed by atoms with Crippen LogP contribution in [-0.4, -0.2) is 17.9 Å². The minimum Gasteiger partial charge on any atom is -0.349 e. The third kappa shape index (κ3) is 3.54. The summed E-state index contributed by atoms with van der Waals surface area (Å²) in [7, 11) is 0. The Balaban J connectivity index is 1.79. The zero-order chi connectivity index (χ0) is 15.5. The minimum absolute atomic E-state index is 0.146. The average Bonchev–Trinajstić information content (AvgIpc) is 3.31. The second-order valence-corrected chi connectivity index (χ2v) is 6.17. The van der Waals surface area contributed by atoms with Crippen molar-refractivity contribution in [2.45, 2.75) is 18.9 Å². The molecule has 22 heavy (non-hydrogen) atoms. The van der Waals surface area contributed by atoms with Gasteiger partial charge in [0.05, 0.1) is 11.3 Å².